The third-order valence-electron chi connectivity index (χ3n) is 6.38. The van der Waals surface area contributed by atoms with Crippen LogP contribution in [0.5, 0.6) is 0 Å². The van der Waals surface area contributed by atoms with Crippen molar-refractivity contribution in [2.24, 2.45) is 0 Å². The van der Waals surface area contributed by atoms with Gasteiger partial charge in [-0.25, -0.2) is 4.79 Å². The molecule has 0 bridgehead atoms. The molecule has 1 aliphatic carbocycles. The zero-order chi connectivity index (χ0) is 23.4. The van der Waals surface area contributed by atoms with E-state index in [-0.39, 0.29) is 5.97 Å². The number of halogens is 2. The molecule has 178 valence electrons. The van der Waals surface area contributed by atoms with E-state index in [0.717, 1.165) is 74.5 Å². The zero-order valence-corrected chi connectivity index (χ0v) is 21.9. The maximum atomic E-state index is 12.7. The van der Waals surface area contributed by atoms with Crippen LogP contribution in [0.4, 0.5) is 5.00 Å². The van der Waals surface area contributed by atoms with Gasteiger partial charge < -0.3 is 15.0 Å². The van der Waals surface area contributed by atoms with E-state index in [0.29, 0.717) is 20.7 Å². The first-order valence-corrected chi connectivity index (χ1v) is 13.4. The predicted molar refractivity (Wildman–Crippen MR) is 141 cm³/mol. The number of fused-ring (bicyclic) bond motifs is 1. The lowest BCUT2D eigenvalue weighted by molar-refractivity contribution is 0.0601. The number of rotatable bonds is 4. The smallest absolute Gasteiger partial charge is 0.341 e. The monoisotopic (exact) mass is 525 g/mol. The van der Waals surface area contributed by atoms with Gasteiger partial charge in [-0.2, -0.15) is 0 Å². The van der Waals surface area contributed by atoms with Crippen molar-refractivity contribution in [3.63, 3.8) is 0 Å². The molecule has 9 heteroatoms. The Hall–Kier alpha value is -1.38. The first kappa shape index (κ1) is 24.7. The molecule has 1 aliphatic heterocycles. The lowest BCUT2D eigenvalue weighted by atomic mass is 9.96. The van der Waals surface area contributed by atoms with Gasteiger partial charge in [0.25, 0.3) is 0 Å². The van der Waals surface area contributed by atoms with Crippen LogP contribution in [0.25, 0.3) is 0 Å². The Morgan fingerprint density at radius 3 is 2.42 bits per heavy atom. The van der Waals surface area contributed by atoms with Gasteiger partial charge in [-0.1, -0.05) is 42.1 Å². The van der Waals surface area contributed by atoms with Crippen molar-refractivity contribution >= 4 is 62.8 Å². The SMILES string of the molecule is COC(=O)c1c(NC(=S)N2CCN(Cc3c(Cl)cccc3Cl)CC2)sc2c1CCCCCC2. The van der Waals surface area contributed by atoms with Crippen LogP contribution >= 0.6 is 46.8 Å². The number of esters is 1. The molecule has 4 rings (SSSR count). The van der Waals surface area contributed by atoms with E-state index in [1.807, 2.05) is 18.2 Å². The minimum Gasteiger partial charge on any atom is -0.465 e. The number of thiocarbonyl (C=S) groups is 1. The molecule has 1 fully saturated rings. The minimum atomic E-state index is -0.278. The second-order valence-corrected chi connectivity index (χ2v) is 10.8. The Morgan fingerprint density at radius 1 is 1.09 bits per heavy atom. The average Bonchev–Trinajstić information content (AvgIpc) is 3.12. The lowest BCUT2D eigenvalue weighted by Crippen LogP contribution is -2.49. The number of piperazine rings is 1. The number of carbonyl (C=O) groups excluding carboxylic acids is 1. The average molecular weight is 527 g/mol. The van der Waals surface area contributed by atoms with Crippen LogP contribution in [0.3, 0.4) is 0 Å². The zero-order valence-electron chi connectivity index (χ0n) is 18.8. The van der Waals surface area contributed by atoms with E-state index in [4.69, 9.17) is 40.2 Å². The van der Waals surface area contributed by atoms with E-state index < -0.39 is 0 Å². The maximum Gasteiger partial charge on any atom is 0.341 e. The van der Waals surface area contributed by atoms with Crippen LogP contribution in [0.1, 0.15) is 52.0 Å². The second kappa shape index (κ2) is 11.4. The Labute approximate surface area is 215 Å². The number of nitrogens with one attached hydrogen (secondary N) is 1. The van der Waals surface area contributed by atoms with Gasteiger partial charge in [0.15, 0.2) is 5.11 Å². The van der Waals surface area contributed by atoms with Gasteiger partial charge in [0.1, 0.15) is 5.00 Å². The Kier molecular flexibility index (Phi) is 8.52. The first-order valence-electron chi connectivity index (χ1n) is 11.4. The highest BCUT2D eigenvalue weighted by Gasteiger charge is 2.27. The van der Waals surface area contributed by atoms with E-state index in [1.54, 1.807) is 11.3 Å². The predicted octanol–water partition coefficient (Wildman–Crippen LogP) is 6.02. The molecule has 0 unspecified atom stereocenters. The van der Waals surface area contributed by atoms with Crippen molar-refractivity contribution in [1.29, 1.82) is 0 Å². The molecule has 1 aromatic heterocycles. The molecule has 5 nitrogen and oxygen atoms in total. The number of hydrogen-bond donors (Lipinski definition) is 1. The third kappa shape index (κ3) is 5.82. The van der Waals surface area contributed by atoms with Crippen LogP contribution in [0, 0.1) is 0 Å². The van der Waals surface area contributed by atoms with Crippen molar-refractivity contribution in [3.8, 4) is 0 Å². The summed E-state index contributed by atoms with van der Waals surface area (Å²) in [6, 6.07) is 5.62. The van der Waals surface area contributed by atoms with Crippen molar-refractivity contribution < 1.29 is 9.53 Å². The van der Waals surface area contributed by atoms with Crippen molar-refractivity contribution in [2.45, 2.75) is 45.1 Å². The van der Waals surface area contributed by atoms with Crippen LogP contribution in [0.2, 0.25) is 10.0 Å². The van der Waals surface area contributed by atoms with Crippen LogP contribution in [-0.2, 0) is 24.1 Å². The minimum absolute atomic E-state index is 0.278. The molecule has 0 saturated carbocycles. The fourth-order valence-corrected chi connectivity index (χ4v) is 6.66. The summed E-state index contributed by atoms with van der Waals surface area (Å²) < 4.78 is 5.13. The molecule has 0 amide bonds. The fourth-order valence-electron chi connectivity index (χ4n) is 4.52. The lowest BCUT2D eigenvalue weighted by Gasteiger charge is -2.36. The van der Waals surface area contributed by atoms with E-state index >= 15 is 0 Å². The van der Waals surface area contributed by atoms with E-state index in [1.165, 1.54) is 24.8 Å². The molecule has 2 heterocycles. The van der Waals surface area contributed by atoms with Gasteiger partial charge in [0.05, 0.1) is 12.7 Å². The highest BCUT2D eigenvalue weighted by Crippen LogP contribution is 2.37. The summed E-state index contributed by atoms with van der Waals surface area (Å²) in [7, 11) is 1.45. The Bertz CT molecular complexity index is 999. The molecule has 33 heavy (non-hydrogen) atoms. The summed E-state index contributed by atoms with van der Waals surface area (Å²) in [5.41, 5.74) is 2.79. The molecule has 1 aromatic carbocycles. The van der Waals surface area contributed by atoms with Crippen LogP contribution in [0.15, 0.2) is 18.2 Å². The van der Waals surface area contributed by atoms with Gasteiger partial charge in [-0.05, 0) is 55.6 Å². The van der Waals surface area contributed by atoms with Gasteiger partial charge in [-0.3, -0.25) is 4.90 Å². The topological polar surface area (TPSA) is 44.8 Å². The van der Waals surface area contributed by atoms with Gasteiger partial charge >= 0.3 is 5.97 Å². The number of carbonyl (C=O) groups is 1. The normalized spacial score (nSPS) is 17.1. The van der Waals surface area contributed by atoms with Crippen LogP contribution < -0.4 is 5.32 Å². The van der Waals surface area contributed by atoms with E-state index in [2.05, 4.69) is 15.1 Å². The largest absolute Gasteiger partial charge is 0.465 e. The number of anilines is 1. The molecular weight excluding hydrogens is 497 g/mol. The Balaban J connectivity index is 1.42. The van der Waals surface area contributed by atoms with Crippen LogP contribution in [-0.4, -0.2) is 54.2 Å². The summed E-state index contributed by atoms with van der Waals surface area (Å²) in [6.07, 6.45) is 6.66. The highest BCUT2D eigenvalue weighted by molar-refractivity contribution is 7.80. The summed E-state index contributed by atoms with van der Waals surface area (Å²) in [4.78, 5) is 18.4. The number of methoxy groups -OCH3 is 1. The summed E-state index contributed by atoms with van der Waals surface area (Å²) in [5, 5.41) is 6.27. The number of hydrogen-bond acceptors (Lipinski definition) is 5. The number of aryl methyl sites for hydroxylation is 1. The Morgan fingerprint density at radius 2 is 1.76 bits per heavy atom. The quantitative estimate of drug-likeness (QED) is 0.389. The summed E-state index contributed by atoms with van der Waals surface area (Å²) in [5.74, 6) is -0.278. The highest BCUT2D eigenvalue weighted by atomic mass is 35.5. The maximum absolute atomic E-state index is 12.7. The number of benzene rings is 1. The summed E-state index contributed by atoms with van der Waals surface area (Å²) in [6.45, 7) is 4.03. The number of thiophene rings is 1. The molecule has 0 spiro atoms. The molecular formula is C24H29Cl2N3O2S2. The first-order chi connectivity index (χ1) is 16.0. The number of nitrogens with zero attached hydrogens (tertiary/aromatic N) is 2. The molecule has 1 saturated heterocycles. The standard InChI is InChI=1S/C24H29Cl2N3O2S2/c1-31-23(30)21-16-7-4-2-3-5-10-20(16)33-22(21)27-24(32)29-13-11-28(12-14-29)15-17-18(25)8-6-9-19(17)26/h6,8-9H,2-5,7,10-15H2,1H3,(H,27,32). The van der Waals surface area contributed by atoms with Gasteiger partial charge in [0, 0.05) is 53.2 Å². The molecule has 1 N–H and O–H groups in total. The molecule has 2 aliphatic rings. The summed E-state index contributed by atoms with van der Waals surface area (Å²) >= 11 is 20.1. The number of ether oxygens (including phenoxy) is 1. The second-order valence-electron chi connectivity index (χ2n) is 8.51. The van der Waals surface area contributed by atoms with Crippen molar-refractivity contribution in [3.05, 3.63) is 49.8 Å². The van der Waals surface area contributed by atoms with Crippen molar-refractivity contribution in [2.75, 3.05) is 38.6 Å². The molecule has 2 aromatic rings. The fraction of sp³-hybridized carbons (Fsp3) is 0.500. The molecule has 0 atom stereocenters. The van der Waals surface area contributed by atoms with E-state index in [9.17, 15) is 4.79 Å². The van der Waals surface area contributed by atoms with Crippen molar-refractivity contribution in [1.82, 2.24) is 9.80 Å². The van der Waals surface area contributed by atoms with Gasteiger partial charge in [-0.15, -0.1) is 11.3 Å². The molecule has 0 radical (unpaired) electrons. The third-order valence-corrected chi connectivity index (χ3v) is 8.66. The van der Waals surface area contributed by atoms with Gasteiger partial charge in [0.2, 0.25) is 0 Å².